The second-order valence-corrected chi connectivity index (χ2v) is 14.9. The van der Waals surface area contributed by atoms with Crippen LogP contribution in [0.5, 0.6) is 5.75 Å². The van der Waals surface area contributed by atoms with E-state index in [1.807, 2.05) is 54.6 Å². The van der Waals surface area contributed by atoms with E-state index in [9.17, 15) is 14.4 Å². The van der Waals surface area contributed by atoms with Crippen LogP contribution in [0.3, 0.4) is 0 Å². The van der Waals surface area contributed by atoms with Gasteiger partial charge < -0.3 is 9.64 Å². The van der Waals surface area contributed by atoms with E-state index in [1.54, 1.807) is 30.3 Å². The second-order valence-electron chi connectivity index (χ2n) is 13.1. The molecule has 3 aliphatic heterocycles. The maximum Gasteiger partial charge on any atom is 0.335 e. The monoisotopic (exact) mass is 791 g/mol. The van der Waals surface area contributed by atoms with Gasteiger partial charge in [-0.1, -0.05) is 106 Å². The molecule has 7 nitrogen and oxygen atoms in total. The van der Waals surface area contributed by atoms with Crippen molar-refractivity contribution in [2.24, 2.45) is 0 Å². The minimum Gasteiger partial charge on any atom is -0.488 e. The minimum atomic E-state index is -0.791. The summed E-state index contributed by atoms with van der Waals surface area (Å²) < 4.78 is 6.86. The van der Waals surface area contributed by atoms with Crippen molar-refractivity contribution in [3.63, 3.8) is 0 Å². The second kappa shape index (κ2) is 14.3. The fourth-order valence-electron chi connectivity index (χ4n) is 7.57. The SMILES string of the molecule is O=C1NC(=O)N(c2cc3c4c(c2)[C@H](c2ccccc2)CCN4CC[C@@H]3c2ccccc2)C(=O)/C1=C/c1cc(Br)ccc1OCc1ccc(Cl)c(Cl)c1. The van der Waals surface area contributed by atoms with E-state index in [0.717, 1.165) is 52.0 Å². The molecule has 0 radical (unpaired) electrons. The number of carbonyl (C=O) groups excluding carboxylic acids is 3. The first-order chi connectivity index (χ1) is 25.2. The third-order valence-electron chi connectivity index (χ3n) is 10.0. The molecule has 10 heteroatoms. The zero-order valence-corrected chi connectivity index (χ0v) is 30.9. The van der Waals surface area contributed by atoms with Gasteiger partial charge in [0.1, 0.15) is 17.9 Å². The lowest BCUT2D eigenvalue weighted by atomic mass is 9.76. The van der Waals surface area contributed by atoms with Crippen molar-refractivity contribution in [3.05, 3.63) is 163 Å². The molecule has 2 atom stereocenters. The number of carbonyl (C=O) groups is 3. The summed E-state index contributed by atoms with van der Waals surface area (Å²) in [4.78, 5) is 45.0. The highest BCUT2D eigenvalue weighted by atomic mass is 79.9. The van der Waals surface area contributed by atoms with Crippen molar-refractivity contribution >= 4 is 74.4 Å². The summed E-state index contributed by atoms with van der Waals surface area (Å²) in [5, 5.41) is 3.27. The van der Waals surface area contributed by atoms with Crippen LogP contribution < -0.4 is 19.9 Å². The van der Waals surface area contributed by atoms with Crippen molar-refractivity contribution in [2.75, 3.05) is 22.9 Å². The van der Waals surface area contributed by atoms with E-state index in [0.29, 0.717) is 27.0 Å². The number of anilines is 2. The fourth-order valence-corrected chi connectivity index (χ4v) is 8.27. The third kappa shape index (κ3) is 6.51. The summed E-state index contributed by atoms with van der Waals surface area (Å²) in [6.07, 6.45) is 3.26. The van der Waals surface area contributed by atoms with Crippen LogP contribution in [0.25, 0.3) is 6.08 Å². The number of nitrogens with zero attached hydrogens (tertiary/aromatic N) is 2. The van der Waals surface area contributed by atoms with E-state index in [-0.39, 0.29) is 24.0 Å². The van der Waals surface area contributed by atoms with Crippen molar-refractivity contribution in [2.45, 2.75) is 31.3 Å². The van der Waals surface area contributed by atoms with Crippen LogP contribution >= 0.6 is 39.1 Å². The molecule has 3 aliphatic rings. The van der Waals surface area contributed by atoms with Gasteiger partial charge in [0.25, 0.3) is 11.8 Å². The fraction of sp³-hybridized carbons (Fsp3) is 0.167. The van der Waals surface area contributed by atoms with E-state index >= 15 is 0 Å². The van der Waals surface area contributed by atoms with Crippen LogP contribution in [0.4, 0.5) is 16.2 Å². The van der Waals surface area contributed by atoms with E-state index in [4.69, 9.17) is 27.9 Å². The van der Waals surface area contributed by atoms with Gasteiger partial charge in [0.05, 0.1) is 15.7 Å². The van der Waals surface area contributed by atoms with Gasteiger partial charge >= 0.3 is 6.03 Å². The molecule has 0 spiro atoms. The molecule has 0 aliphatic carbocycles. The molecule has 1 fully saturated rings. The maximum absolute atomic E-state index is 14.4. The molecule has 260 valence electrons. The van der Waals surface area contributed by atoms with Gasteiger partial charge in [0.2, 0.25) is 0 Å². The van der Waals surface area contributed by atoms with Crippen LogP contribution in [-0.2, 0) is 16.2 Å². The lowest BCUT2D eigenvalue weighted by Crippen LogP contribution is -2.54. The first-order valence-corrected chi connectivity index (χ1v) is 18.6. The Bertz CT molecular complexity index is 2190. The molecule has 0 aromatic heterocycles. The van der Waals surface area contributed by atoms with Crippen LogP contribution in [0.2, 0.25) is 10.0 Å². The van der Waals surface area contributed by atoms with Gasteiger partial charge in [-0.2, -0.15) is 0 Å². The van der Waals surface area contributed by atoms with Crippen LogP contribution in [0.1, 0.15) is 58.1 Å². The van der Waals surface area contributed by atoms with Gasteiger partial charge in [-0.25, -0.2) is 9.69 Å². The number of hydrogen-bond acceptors (Lipinski definition) is 5. The van der Waals surface area contributed by atoms with Gasteiger partial charge in [0.15, 0.2) is 0 Å². The molecular formula is C42H32BrCl2N3O4. The standard InChI is InChI=1S/C42H32BrCl2N3O4/c43-29-12-14-38(52-24-25-11-13-36(44)37(45)19-25)28(20-29)21-35-40(49)46-42(51)48(41(35)50)30-22-33-31(26-7-3-1-4-8-26)15-17-47-18-16-32(34(23-30)39(33)47)27-9-5-2-6-10-27/h1-14,19-23,31-32H,15-18,24H2,(H,46,49,51)/b35-21+/t31-,32+. The highest BCUT2D eigenvalue weighted by Gasteiger charge is 2.40. The number of urea groups is 1. The Balaban J connectivity index is 1.21. The largest absolute Gasteiger partial charge is 0.488 e. The smallest absolute Gasteiger partial charge is 0.335 e. The predicted octanol–water partition coefficient (Wildman–Crippen LogP) is 9.88. The van der Waals surface area contributed by atoms with E-state index in [1.165, 1.54) is 22.9 Å². The Kier molecular flexibility index (Phi) is 9.38. The zero-order valence-electron chi connectivity index (χ0n) is 27.8. The number of imide groups is 2. The maximum atomic E-state index is 14.4. The zero-order chi connectivity index (χ0) is 35.9. The molecule has 0 saturated carbocycles. The molecule has 8 rings (SSSR count). The number of halogens is 3. The minimum absolute atomic E-state index is 0.0668. The Morgan fingerprint density at radius 3 is 2.02 bits per heavy atom. The highest BCUT2D eigenvalue weighted by Crippen LogP contribution is 2.50. The average molecular weight is 794 g/mol. The van der Waals surface area contributed by atoms with Gasteiger partial charge in [0, 0.05) is 40.6 Å². The Hall–Kier alpha value is -4.89. The van der Waals surface area contributed by atoms with Crippen LogP contribution in [0, 0.1) is 0 Å². The lowest BCUT2D eigenvalue weighted by molar-refractivity contribution is -0.122. The number of benzene rings is 5. The molecule has 0 unspecified atom stereocenters. The quantitative estimate of drug-likeness (QED) is 0.131. The molecule has 5 aromatic carbocycles. The Morgan fingerprint density at radius 1 is 0.769 bits per heavy atom. The molecule has 4 amide bonds. The van der Waals surface area contributed by atoms with Crippen molar-refractivity contribution < 1.29 is 19.1 Å². The molecule has 52 heavy (non-hydrogen) atoms. The first kappa shape index (κ1) is 34.2. The molecule has 5 aromatic rings. The topological polar surface area (TPSA) is 79.0 Å². The number of amides is 4. The van der Waals surface area contributed by atoms with E-state index in [2.05, 4.69) is 50.4 Å². The Labute approximate surface area is 319 Å². The summed E-state index contributed by atoms with van der Waals surface area (Å²) in [7, 11) is 0. The summed E-state index contributed by atoms with van der Waals surface area (Å²) in [5.41, 5.74) is 7.15. The van der Waals surface area contributed by atoms with Crippen LogP contribution in [0.15, 0.2) is 119 Å². The first-order valence-electron chi connectivity index (χ1n) is 17.1. The molecule has 3 heterocycles. The number of barbiturate groups is 1. The summed E-state index contributed by atoms with van der Waals surface area (Å²) in [6, 6.07) is 34.4. The molecule has 0 bridgehead atoms. The predicted molar refractivity (Wildman–Crippen MR) is 208 cm³/mol. The third-order valence-corrected chi connectivity index (χ3v) is 11.2. The average Bonchev–Trinajstić information content (AvgIpc) is 3.15. The number of rotatable bonds is 7. The Morgan fingerprint density at radius 2 is 1.40 bits per heavy atom. The molecular weight excluding hydrogens is 761 g/mol. The van der Waals surface area contributed by atoms with Crippen molar-refractivity contribution in [1.29, 1.82) is 0 Å². The van der Waals surface area contributed by atoms with E-state index < -0.39 is 17.8 Å². The summed E-state index contributed by atoms with van der Waals surface area (Å²) in [6.45, 7) is 1.99. The summed E-state index contributed by atoms with van der Waals surface area (Å²) in [5.74, 6) is -0.932. The lowest BCUT2D eigenvalue weighted by Gasteiger charge is -2.44. The summed E-state index contributed by atoms with van der Waals surface area (Å²) >= 11 is 15.8. The normalized spacial score (nSPS) is 19.1. The number of hydrogen-bond donors (Lipinski definition) is 1. The molecule has 1 saturated heterocycles. The highest BCUT2D eigenvalue weighted by molar-refractivity contribution is 9.10. The number of nitrogens with one attached hydrogen (secondary N) is 1. The van der Waals surface area contributed by atoms with Gasteiger partial charge in [-0.05, 0) is 89.2 Å². The van der Waals surface area contributed by atoms with Crippen molar-refractivity contribution in [3.8, 4) is 5.75 Å². The number of ether oxygens (including phenoxy) is 1. The van der Waals surface area contributed by atoms with Gasteiger partial charge in [-0.15, -0.1) is 0 Å². The molecule has 1 N–H and O–H groups in total. The van der Waals surface area contributed by atoms with Crippen molar-refractivity contribution in [1.82, 2.24) is 5.32 Å². The van der Waals surface area contributed by atoms with Gasteiger partial charge in [-0.3, -0.25) is 14.9 Å². The van der Waals surface area contributed by atoms with Crippen LogP contribution in [-0.4, -0.2) is 30.9 Å².